The Kier molecular flexibility index (Phi) is 4.11. The summed E-state index contributed by atoms with van der Waals surface area (Å²) in [4.78, 5) is 13.1. The highest BCUT2D eigenvalue weighted by atomic mass is 32.2. The van der Waals surface area contributed by atoms with Crippen LogP contribution in [0.2, 0.25) is 0 Å². The Bertz CT molecular complexity index is 1060. The van der Waals surface area contributed by atoms with Crippen molar-refractivity contribution in [1.82, 2.24) is 19.4 Å². The molecule has 0 spiro atoms. The molecule has 0 atom stereocenters. The molecule has 1 aliphatic carbocycles. The van der Waals surface area contributed by atoms with E-state index in [-0.39, 0.29) is 5.65 Å². The van der Waals surface area contributed by atoms with Gasteiger partial charge < -0.3 is 0 Å². The first kappa shape index (κ1) is 17.8. The first-order valence-corrected chi connectivity index (χ1v) is 9.32. The van der Waals surface area contributed by atoms with Gasteiger partial charge in [0.05, 0.1) is 11.5 Å². The summed E-state index contributed by atoms with van der Waals surface area (Å²) >= 11 is 1.57. The number of aromatic nitrogens is 4. The standard InChI is InChI=1S/C18H14F3N5S/c1-2-27-13-5-11(17(9-22)3-4-17)7-23-16(13)12-8-26-10-24-14(18(19,20)21)6-15(26)25-12/h5-8,10H,2-4H2,1H3. The number of halogens is 3. The zero-order valence-electron chi connectivity index (χ0n) is 14.3. The number of imidazole rings is 1. The predicted octanol–water partition coefficient (Wildman–Crippen LogP) is 4.48. The molecule has 0 radical (unpaired) electrons. The molecule has 27 heavy (non-hydrogen) atoms. The highest BCUT2D eigenvalue weighted by Crippen LogP contribution is 2.48. The van der Waals surface area contributed by atoms with E-state index in [0.29, 0.717) is 11.4 Å². The molecule has 3 aromatic rings. The molecular weight excluding hydrogens is 375 g/mol. The van der Waals surface area contributed by atoms with E-state index >= 15 is 0 Å². The Hall–Kier alpha value is -2.60. The monoisotopic (exact) mass is 389 g/mol. The number of nitriles is 1. The molecule has 1 aliphatic rings. The molecule has 3 heterocycles. The van der Waals surface area contributed by atoms with Gasteiger partial charge in [-0.25, -0.2) is 9.97 Å². The topological polar surface area (TPSA) is 66.9 Å². The number of nitrogens with zero attached hydrogens (tertiary/aromatic N) is 5. The van der Waals surface area contributed by atoms with Crippen LogP contribution in [0.15, 0.2) is 35.7 Å². The number of alkyl halides is 3. The minimum Gasteiger partial charge on any atom is -0.290 e. The molecule has 4 rings (SSSR count). The van der Waals surface area contributed by atoms with Gasteiger partial charge >= 0.3 is 6.18 Å². The van der Waals surface area contributed by atoms with E-state index in [1.54, 1.807) is 24.2 Å². The largest absolute Gasteiger partial charge is 0.433 e. The Balaban J connectivity index is 1.79. The molecule has 0 unspecified atom stereocenters. The second-order valence-corrected chi connectivity index (χ2v) is 7.67. The average Bonchev–Trinajstić information content (AvgIpc) is 3.32. The van der Waals surface area contributed by atoms with Crippen LogP contribution in [0, 0.1) is 11.3 Å². The Morgan fingerprint density at radius 1 is 1.30 bits per heavy atom. The number of fused-ring (bicyclic) bond motifs is 1. The fraction of sp³-hybridized carbons (Fsp3) is 0.333. The lowest BCUT2D eigenvalue weighted by atomic mass is 9.99. The summed E-state index contributed by atoms with van der Waals surface area (Å²) in [5.74, 6) is 0.796. The van der Waals surface area contributed by atoms with E-state index in [1.165, 1.54) is 4.40 Å². The van der Waals surface area contributed by atoms with Crippen molar-refractivity contribution in [2.75, 3.05) is 5.75 Å². The van der Waals surface area contributed by atoms with Gasteiger partial charge in [0.2, 0.25) is 0 Å². The maximum Gasteiger partial charge on any atom is 0.433 e. The van der Waals surface area contributed by atoms with Crippen molar-refractivity contribution < 1.29 is 13.2 Å². The number of hydrogen-bond acceptors (Lipinski definition) is 5. The quantitative estimate of drug-likeness (QED) is 0.616. The highest BCUT2D eigenvalue weighted by molar-refractivity contribution is 7.99. The lowest BCUT2D eigenvalue weighted by molar-refractivity contribution is -0.141. The minimum atomic E-state index is -4.52. The van der Waals surface area contributed by atoms with Crippen molar-refractivity contribution >= 4 is 17.4 Å². The van der Waals surface area contributed by atoms with Gasteiger partial charge in [-0.05, 0) is 30.2 Å². The molecule has 138 valence electrons. The summed E-state index contributed by atoms with van der Waals surface area (Å²) in [6.45, 7) is 2.00. The fourth-order valence-electron chi connectivity index (χ4n) is 2.91. The highest BCUT2D eigenvalue weighted by Gasteiger charge is 2.45. The van der Waals surface area contributed by atoms with Crippen LogP contribution in [0.25, 0.3) is 17.0 Å². The van der Waals surface area contributed by atoms with Crippen LogP contribution in [0.4, 0.5) is 13.2 Å². The molecule has 0 N–H and O–H groups in total. The van der Waals surface area contributed by atoms with Crippen molar-refractivity contribution in [1.29, 1.82) is 5.26 Å². The van der Waals surface area contributed by atoms with Crippen LogP contribution in [0.1, 0.15) is 31.0 Å². The molecule has 5 nitrogen and oxygen atoms in total. The maximum absolute atomic E-state index is 12.9. The molecule has 1 fully saturated rings. The van der Waals surface area contributed by atoms with Crippen molar-refractivity contribution in [3.63, 3.8) is 0 Å². The van der Waals surface area contributed by atoms with E-state index in [2.05, 4.69) is 21.0 Å². The van der Waals surface area contributed by atoms with Crippen LogP contribution in [0.3, 0.4) is 0 Å². The molecule has 1 saturated carbocycles. The smallest absolute Gasteiger partial charge is 0.290 e. The second-order valence-electron chi connectivity index (χ2n) is 6.36. The van der Waals surface area contributed by atoms with Crippen LogP contribution >= 0.6 is 11.8 Å². The summed E-state index contributed by atoms with van der Waals surface area (Å²) in [7, 11) is 0. The van der Waals surface area contributed by atoms with Crippen LogP contribution in [-0.2, 0) is 11.6 Å². The van der Waals surface area contributed by atoms with Crippen molar-refractivity contribution in [2.24, 2.45) is 0 Å². The van der Waals surface area contributed by atoms with Gasteiger partial charge in [-0.2, -0.15) is 18.4 Å². The van der Waals surface area contributed by atoms with E-state index in [4.69, 9.17) is 0 Å². The van der Waals surface area contributed by atoms with Gasteiger partial charge in [-0.1, -0.05) is 6.92 Å². The van der Waals surface area contributed by atoms with Gasteiger partial charge in [0.15, 0.2) is 0 Å². The fourth-order valence-corrected chi connectivity index (χ4v) is 3.73. The Morgan fingerprint density at radius 2 is 2.07 bits per heavy atom. The summed E-state index contributed by atoms with van der Waals surface area (Å²) in [5, 5.41) is 9.40. The van der Waals surface area contributed by atoms with Gasteiger partial charge in [-0.3, -0.25) is 9.38 Å². The molecule has 9 heteroatoms. The van der Waals surface area contributed by atoms with Gasteiger partial charge in [0.25, 0.3) is 0 Å². The van der Waals surface area contributed by atoms with Crippen molar-refractivity contribution in [3.8, 4) is 17.5 Å². The van der Waals surface area contributed by atoms with Gasteiger partial charge in [0.1, 0.15) is 29.1 Å². The lowest BCUT2D eigenvalue weighted by Crippen LogP contribution is -2.08. The SMILES string of the molecule is CCSc1cc(C2(C#N)CC2)cnc1-c1cn2cnc(C(F)(F)F)cc2n1. The third kappa shape index (κ3) is 3.14. The summed E-state index contributed by atoms with van der Waals surface area (Å²) in [5.41, 5.74) is 0.676. The first-order valence-electron chi connectivity index (χ1n) is 8.33. The van der Waals surface area contributed by atoms with Crippen molar-refractivity contribution in [2.45, 2.75) is 36.3 Å². The minimum absolute atomic E-state index is 0.154. The predicted molar refractivity (Wildman–Crippen MR) is 94.1 cm³/mol. The normalized spacial score (nSPS) is 15.7. The second kappa shape index (κ2) is 6.23. The third-order valence-electron chi connectivity index (χ3n) is 4.55. The summed E-state index contributed by atoms with van der Waals surface area (Å²) < 4.78 is 40.0. The molecule has 0 saturated heterocycles. The number of pyridine rings is 1. The number of rotatable bonds is 4. The van der Waals surface area contributed by atoms with E-state index in [9.17, 15) is 18.4 Å². The zero-order chi connectivity index (χ0) is 19.2. The lowest BCUT2D eigenvalue weighted by Gasteiger charge is -2.11. The first-order chi connectivity index (χ1) is 12.9. The van der Waals surface area contributed by atoms with Gasteiger partial charge in [-0.15, -0.1) is 11.8 Å². The van der Waals surface area contributed by atoms with E-state index in [0.717, 1.165) is 41.4 Å². The summed E-state index contributed by atoms with van der Waals surface area (Å²) in [6, 6.07) is 5.23. The van der Waals surface area contributed by atoms with Crippen LogP contribution in [-0.4, -0.2) is 25.1 Å². The van der Waals surface area contributed by atoms with Crippen molar-refractivity contribution in [3.05, 3.63) is 42.1 Å². The van der Waals surface area contributed by atoms with Crippen LogP contribution < -0.4 is 0 Å². The molecule has 3 aromatic heterocycles. The molecule has 0 aromatic carbocycles. The summed E-state index contributed by atoms with van der Waals surface area (Å²) in [6.07, 6.45) is 1.51. The van der Waals surface area contributed by atoms with E-state index < -0.39 is 17.3 Å². The number of thioether (sulfide) groups is 1. The molecule has 0 aliphatic heterocycles. The average molecular weight is 389 g/mol. The Labute approximate surface area is 157 Å². The third-order valence-corrected chi connectivity index (χ3v) is 5.46. The zero-order valence-corrected chi connectivity index (χ0v) is 15.1. The van der Waals surface area contributed by atoms with Crippen LogP contribution in [0.5, 0.6) is 0 Å². The molecular formula is C18H14F3N5S. The maximum atomic E-state index is 12.9. The van der Waals surface area contributed by atoms with Gasteiger partial charge in [0, 0.05) is 23.4 Å². The molecule has 0 amide bonds. The van der Waals surface area contributed by atoms with E-state index in [1.807, 2.05) is 13.0 Å². The number of hydrogen-bond donors (Lipinski definition) is 0. The molecule has 0 bridgehead atoms. The Morgan fingerprint density at radius 3 is 2.70 bits per heavy atom.